The lowest BCUT2D eigenvalue weighted by molar-refractivity contribution is 0.0867. The third kappa shape index (κ3) is 4.42. The van der Waals surface area contributed by atoms with E-state index in [-0.39, 0.29) is 12.6 Å². The van der Waals surface area contributed by atoms with Crippen molar-refractivity contribution in [3.8, 4) is 0 Å². The molecule has 17 heavy (non-hydrogen) atoms. The van der Waals surface area contributed by atoms with Gasteiger partial charge in [0.2, 0.25) is 0 Å². The second-order valence-electron chi connectivity index (χ2n) is 3.88. The first-order chi connectivity index (χ1) is 8.00. The summed E-state index contributed by atoms with van der Waals surface area (Å²) in [4.78, 5) is 12.7. The summed E-state index contributed by atoms with van der Waals surface area (Å²) in [5.74, 6) is 0.583. The number of furan rings is 1. The van der Waals surface area contributed by atoms with Gasteiger partial charge in [0.1, 0.15) is 5.76 Å². The van der Waals surface area contributed by atoms with Crippen LogP contribution in [0, 0.1) is 0 Å². The zero-order chi connectivity index (χ0) is 12.8. The predicted octanol–water partition coefficient (Wildman–Crippen LogP) is 2.46. The molecular weight excluding hydrogens is 230 g/mol. The Bertz CT molecular complexity index is 339. The largest absolute Gasteiger partial charge is 0.467 e. The molecule has 1 N–H and O–H groups in total. The van der Waals surface area contributed by atoms with Crippen LogP contribution >= 0.6 is 0 Å². The van der Waals surface area contributed by atoms with Gasteiger partial charge >= 0.3 is 6.03 Å². The molecule has 1 heterocycles. The van der Waals surface area contributed by atoms with E-state index in [9.17, 15) is 13.6 Å². The van der Waals surface area contributed by atoms with E-state index in [1.807, 2.05) is 0 Å². The zero-order valence-corrected chi connectivity index (χ0v) is 9.82. The minimum Gasteiger partial charge on any atom is -0.467 e. The number of rotatable bonds is 5. The van der Waals surface area contributed by atoms with E-state index in [1.54, 1.807) is 26.0 Å². The average molecular weight is 246 g/mol. The molecular formula is C11H16F2N2O2. The number of alkyl halides is 2. The fourth-order valence-corrected chi connectivity index (χ4v) is 1.35. The predicted molar refractivity (Wildman–Crippen MR) is 58.8 cm³/mol. The second-order valence-corrected chi connectivity index (χ2v) is 3.88. The van der Waals surface area contributed by atoms with Gasteiger partial charge < -0.3 is 14.6 Å². The Hall–Kier alpha value is -1.59. The summed E-state index contributed by atoms with van der Waals surface area (Å²) in [5, 5.41) is 2.53. The van der Waals surface area contributed by atoms with Crippen LogP contribution in [0.4, 0.5) is 13.6 Å². The molecule has 0 aliphatic rings. The highest BCUT2D eigenvalue weighted by Gasteiger charge is 2.20. The normalized spacial score (nSPS) is 10.9. The average Bonchev–Trinajstić information content (AvgIpc) is 2.74. The van der Waals surface area contributed by atoms with E-state index in [2.05, 4.69) is 5.32 Å². The first-order valence-corrected chi connectivity index (χ1v) is 5.35. The summed E-state index contributed by atoms with van der Waals surface area (Å²) in [6.45, 7) is 3.00. The minimum atomic E-state index is -2.54. The lowest BCUT2D eigenvalue weighted by Gasteiger charge is -2.26. The summed E-state index contributed by atoms with van der Waals surface area (Å²) in [7, 11) is 0. The number of nitrogens with zero attached hydrogens (tertiary/aromatic N) is 1. The molecule has 1 aromatic rings. The van der Waals surface area contributed by atoms with Crippen molar-refractivity contribution >= 4 is 6.03 Å². The summed E-state index contributed by atoms with van der Waals surface area (Å²) in [6.07, 6.45) is -1.05. The van der Waals surface area contributed by atoms with Crippen molar-refractivity contribution < 1.29 is 18.0 Å². The van der Waals surface area contributed by atoms with Crippen molar-refractivity contribution in [2.45, 2.75) is 32.9 Å². The third-order valence-electron chi connectivity index (χ3n) is 2.21. The molecule has 0 saturated carbocycles. The van der Waals surface area contributed by atoms with E-state index < -0.39 is 19.0 Å². The molecule has 1 rings (SSSR count). The molecule has 0 aromatic carbocycles. The van der Waals surface area contributed by atoms with E-state index in [4.69, 9.17) is 4.42 Å². The standard InChI is InChI=1S/C11H16F2N2O2/c1-8(2)15(7-10(12)13)11(16)14-6-9-4-3-5-17-9/h3-5,8,10H,6-7H2,1-2H3,(H,14,16). The number of carbonyl (C=O) groups is 1. The summed E-state index contributed by atoms with van der Waals surface area (Å²) in [5.41, 5.74) is 0. The highest BCUT2D eigenvalue weighted by atomic mass is 19.3. The molecule has 0 saturated heterocycles. The molecule has 0 atom stereocenters. The van der Waals surface area contributed by atoms with Crippen molar-refractivity contribution in [3.63, 3.8) is 0 Å². The quantitative estimate of drug-likeness (QED) is 0.867. The van der Waals surface area contributed by atoms with E-state index in [0.717, 1.165) is 4.90 Å². The molecule has 1 aromatic heterocycles. The van der Waals surface area contributed by atoms with Gasteiger partial charge in [-0.2, -0.15) is 0 Å². The molecule has 0 fully saturated rings. The van der Waals surface area contributed by atoms with E-state index in [0.29, 0.717) is 5.76 Å². The Morgan fingerprint density at radius 2 is 2.24 bits per heavy atom. The van der Waals surface area contributed by atoms with Gasteiger partial charge in [0, 0.05) is 6.04 Å². The number of carbonyl (C=O) groups excluding carboxylic acids is 1. The second kappa shape index (κ2) is 6.22. The fraction of sp³-hybridized carbons (Fsp3) is 0.545. The van der Waals surface area contributed by atoms with Gasteiger partial charge in [-0.1, -0.05) is 0 Å². The Labute approximate surface area is 98.6 Å². The highest BCUT2D eigenvalue weighted by molar-refractivity contribution is 5.74. The lowest BCUT2D eigenvalue weighted by Crippen LogP contribution is -2.45. The molecule has 96 valence electrons. The summed E-state index contributed by atoms with van der Waals surface area (Å²) in [6, 6.07) is 2.60. The van der Waals surface area contributed by atoms with Crippen LogP contribution in [0.15, 0.2) is 22.8 Å². The van der Waals surface area contributed by atoms with Gasteiger partial charge in [0.05, 0.1) is 19.4 Å². The van der Waals surface area contributed by atoms with Crippen LogP contribution in [-0.4, -0.2) is 29.9 Å². The smallest absolute Gasteiger partial charge is 0.318 e. The maximum atomic E-state index is 12.3. The van der Waals surface area contributed by atoms with Crippen LogP contribution < -0.4 is 5.32 Å². The third-order valence-corrected chi connectivity index (χ3v) is 2.21. The van der Waals surface area contributed by atoms with Gasteiger partial charge in [-0.15, -0.1) is 0 Å². The topological polar surface area (TPSA) is 45.5 Å². The molecule has 2 amide bonds. The first-order valence-electron chi connectivity index (χ1n) is 5.35. The molecule has 0 bridgehead atoms. The van der Waals surface area contributed by atoms with Crippen molar-refractivity contribution in [3.05, 3.63) is 24.2 Å². The van der Waals surface area contributed by atoms with Gasteiger partial charge in [0.25, 0.3) is 6.43 Å². The number of hydrogen-bond donors (Lipinski definition) is 1. The van der Waals surface area contributed by atoms with Crippen molar-refractivity contribution in [2.24, 2.45) is 0 Å². The van der Waals surface area contributed by atoms with Crippen LogP contribution in [0.3, 0.4) is 0 Å². The van der Waals surface area contributed by atoms with Gasteiger partial charge in [-0.25, -0.2) is 13.6 Å². The maximum absolute atomic E-state index is 12.3. The number of amides is 2. The Balaban J connectivity index is 2.47. The Morgan fingerprint density at radius 1 is 1.53 bits per heavy atom. The van der Waals surface area contributed by atoms with Crippen molar-refractivity contribution in [2.75, 3.05) is 6.54 Å². The summed E-state index contributed by atoms with van der Waals surface area (Å²) >= 11 is 0. The fourth-order valence-electron chi connectivity index (χ4n) is 1.35. The minimum absolute atomic E-state index is 0.193. The van der Waals surface area contributed by atoms with Gasteiger partial charge in [-0.3, -0.25) is 0 Å². The van der Waals surface area contributed by atoms with Crippen LogP contribution in [0.2, 0.25) is 0 Å². The number of hydrogen-bond acceptors (Lipinski definition) is 2. The molecule has 0 radical (unpaired) electrons. The molecule has 0 aliphatic heterocycles. The SMILES string of the molecule is CC(C)N(CC(F)F)C(=O)NCc1ccco1. The maximum Gasteiger partial charge on any atom is 0.318 e. The van der Waals surface area contributed by atoms with Crippen LogP contribution in [0.5, 0.6) is 0 Å². The molecule has 6 heteroatoms. The number of nitrogens with one attached hydrogen (secondary N) is 1. The van der Waals surface area contributed by atoms with Crippen LogP contribution in [0.25, 0.3) is 0 Å². The van der Waals surface area contributed by atoms with E-state index >= 15 is 0 Å². The van der Waals surface area contributed by atoms with Gasteiger partial charge in [-0.05, 0) is 26.0 Å². The first kappa shape index (κ1) is 13.5. The Morgan fingerprint density at radius 3 is 2.71 bits per heavy atom. The summed E-state index contributed by atoms with van der Waals surface area (Å²) < 4.78 is 29.6. The van der Waals surface area contributed by atoms with Crippen LogP contribution in [-0.2, 0) is 6.54 Å². The number of halogens is 2. The lowest BCUT2D eigenvalue weighted by atomic mass is 10.3. The van der Waals surface area contributed by atoms with Crippen molar-refractivity contribution in [1.29, 1.82) is 0 Å². The number of urea groups is 1. The molecule has 0 unspecified atom stereocenters. The van der Waals surface area contributed by atoms with Gasteiger partial charge in [0.15, 0.2) is 0 Å². The zero-order valence-electron chi connectivity index (χ0n) is 9.82. The van der Waals surface area contributed by atoms with E-state index in [1.165, 1.54) is 6.26 Å². The molecule has 4 nitrogen and oxygen atoms in total. The Kier molecular flexibility index (Phi) is 4.93. The van der Waals surface area contributed by atoms with Crippen molar-refractivity contribution in [1.82, 2.24) is 10.2 Å². The monoisotopic (exact) mass is 246 g/mol. The molecule has 0 spiro atoms. The molecule has 0 aliphatic carbocycles. The highest BCUT2D eigenvalue weighted by Crippen LogP contribution is 2.05. The van der Waals surface area contributed by atoms with Crippen LogP contribution in [0.1, 0.15) is 19.6 Å².